The summed E-state index contributed by atoms with van der Waals surface area (Å²) in [4.78, 5) is 2.72. The Morgan fingerprint density at radius 2 is 1.26 bits per heavy atom. The van der Waals surface area contributed by atoms with Crippen molar-refractivity contribution in [2.24, 2.45) is 5.41 Å². The standard InChI is InChI=1S/C66H72BN2/c1-40-35-50-52(65(8,9)34-33-63(50,4)5)39-55(40)69-56-36-42(41-19-13-12-14-20-41)25-29-53(56)67-61-57(69)37-43-21-15-16-22-45(43)58(61)59-54(30-27-47-46-23-17-18-24-48(46)66(10,11)60(47)59)68-44-26-28-49-51(38-44)64(6,7)32-31-62(49,2)3/h12-16,18-22,24,26,28,35-39,68H,17,23,25,27,29-34H2,1-11H3. The summed E-state index contributed by atoms with van der Waals surface area (Å²) in [5.41, 5.74) is 28.8. The molecule has 7 aliphatic rings. The first kappa shape index (κ1) is 44.7. The lowest BCUT2D eigenvalue weighted by Gasteiger charge is -2.44. The lowest BCUT2D eigenvalue weighted by Crippen LogP contribution is -2.39. The average Bonchev–Trinajstić information content (AvgIpc) is 3.56. The highest BCUT2D eigenvalue weighted by Crippen LogP contribution is 2.60. The van der Waals surface area contributed by atoms with Crippen molar-refractivity contribution in [3.05, 3.63) is 187 Å². The monoisotopic (exact) mass is 904 g/mol. The molecule has 3 heteroatoms. The van der Waals surface area contributed by atoms with Gasteiger partial charge in [-0.2, -0.15) is 0 Å². The molecule has 0 aromatic heterocycles. The number of fused-ring (bicyclic) bond motifs is 5. The topological polar surface area (TPSA) is 15.3 Å². The van der Waals surface area contributed by atoms with Crippen LogP contribution in [0.2, 0.25) is 0 Å². The zero-order valence-corrected chi connectivity index (χ0v) is 43.5. The van der Waals surface area contributed by atoms with Crippen molar-refractivity contribution >= 4 is 51.7 Å². The maximum absolute atomic E-state index is 4.29. The van der Waals surface area contributed by atoms with Crippen LogP contribution in [-0.4, -0.2) is 7.28 Å². The Balaban J connectivity index is 1.14. The van der Waals surface area contributed by atoms with Crippen molar-refractivity contribution in [2.45, 2.75) is 162 Å². The molecular weight excluding hydrogens is 832 g/mol. The fraction of sp³-hybridized carbons (Fsp3) is 0.394. The lowest BCUT2D eigenvalue weighted by molar-refractivity contribution is 0.332. The Morgan fingerprint density at radius 3 is 2.00 bits per heavy atom. The van der Waals surface area contributed by atoms with Crippen molar-refractivity contribution in [2.75, 3.05) is 10.2 Å². The molecule has 1 radical (unpaired) electrons. The van der Waals surface area contributed by atoms with Crippen molar-refractivity contribution in [1.29, 1.82) is 0 Å². The summed E-state index contributed by atoms with van der Waals surface area (Å²) in [7, 11) is 2.64. The summed E-state index contributed by atoms with van der Waals surface area (Å²) in [5.74, 6) is 0. The zero-order chi connectivity index (χ0) is 48.0. The third kappa shape index (κ3) is 6.94. The molecule has 5 aromatic rings. The molecule has 0 spiro atoms. The molecule has 0 fully saturated rings. The van der Waals surface area contributed by atoms with Gasteiger partial charge in [0.1, 0.15) is 0 Å². The van der Waals surface area contributed by atoms with Gasteiger partial charge in [0.15, 0.2) is 7.28 Å². The molecular formula is C66H72BN2. The molecule has 349 valence electrons. The van der Waals surface area contributed by atoms with E-state index in [1.807, 2.05) is 0 Å². The van der Waals surface area contributed by atoms with Gasteiger partial charge in [-0.15, -0.1) is 0 Å². The predicted octanol–water partition coefficient (Wildman–Crippen LogP) is 17.0. The van der Waals surface area contributed by atoms with Crippen LogP contribution in [0.1, 0.15) is 172 Å². The van der Waals surface area contributed by atoms with Gasteiger partial charge in [0.2, 0.25) is 0 Å². The number of rotatable bonds is 5. The predicted molar refractivity (Wildman–Crippen MR) is 296 cm³/mol. The Kier molecular flexibility index (Phi) is 10.0. The number of nitrogens with zero attached hydrogens (tertiary/aromatic N) is 1. The number of anilines is 3. The van der Waals surface area contributed by atoms with E-state index in [2.05, 4.69) is 203 Å². The quantitative estimate of drug-likeness (QED) is 0.177. The molecule has 0 unspecified atom stereocenters. The minimum Gasteiger partial charge on any atom is -0.358 e. The third-order valence-electron chi connectivity index (χ3n) is 18.4. The van der Waals surface area contributed by atoms with E-state index in [1.54, 1.807) is 11.1 Å². The molecule has 1 aliphatic heterocycles. The largest absolute Gasteiger partial charge is 0.358 e. The van der Waals surface area contributed by atoms with Crippen LogP contribution in [0.4, 0.5) is 17.1 Å². The van der Waals surface area contributed by atoms with Crippen LogP contribution in [-0.2, 0) is 21.7 Å². The second kappa shape index (κ2) is 15.5. The first-order valence-corrected chi connectivity index (χ1v) is 26.5. The number of nitrogens with one attached hydrogen (secondary N) is 1. The number of aryl methyl sites for hydroxylation is 1. The Bertz CT molecular complexity index is 3240. The van der Waals surface area contributed by atoms with E-state index in [0.717, 1.165) is 38.5 Å². The molecule has 2 nitrogen and oxygen atoms in total. The number of hydrogen-bond acceptors (Lipinski definition) is 2. The van der Waals surface area contributed by atoms with E-state index in [4.69, 9.17) is 0 Å². The summed E-state index contributed by atoms with van der Waals surface area (Å²) in [6.45, 7) is 27.1. The van der Waals surface area contributed by atoms with Crippen LogP contribution >= 0.6 is 0 Å². The van der Waals surface area contributed by atoms with Crippen molar-refractivity contribution in [3.63, 3.8) is 0 Å². The van der Waals surface area contributed by atoms with Gasteiger partial charge >= 0.3 is 0 Å². The third-order valence-corrected chi connectivity index (χ3v) is 18.4. The van der Waals surface area contributed by atoms with Crippen molar-refractivity contribution in [1.82, 2.24) is 0 Å². The molecule has 0 amide bonds. The van der Waals surface area contributed by atoms with Gasteiger partial charge in [-0.05, 0) is 206 Å². The van der Waals surface area contributed by atoms with Crippen LogP contribution in [0, 0.1) is 12.3 Å². The van der Waals surface area contributed by atoms with E-state index in [1.165, 1.54) is 137 Å². The average molecular weight is 904 g/mol. The minimum absolute atomic E-state index is 0.0774. The zero-order valence-electron chi connectivity index (χ0n) is 43.5. The Morgan fingerprint density at radius 1 is 0.594 bits per heavy atom. The molecule has 12 rings (SSSR count). The molecule has 6 aliphatic carbocycles. The summed E-state index contributed by atoms with van der Waals surface area (Å²) in [6, 6.07) is 35.6. The number of allylic oxidation sites excluding steroid dienone is 11. The van der Waals surface area contributed by atoms with Crippen molar-refractivity contribution in [3.8, 4) is 0 Å². The lowest BCUT2D eigenvalue weighted by atomic mass is 9.54. The van der Waals surface area contributed by atoms with E-state index in [-0.39, 0.29) is 27.1 Å². The Hall–Kier alpha value is -5.54. The number of benzene rings is 5. The summed E-state index contributed by atoms with van der Waals surface area (Å²) in [5, 5.41) is 6.92. The van der Waals surface area contributed by atoms with Gasteiger partial charge in [-0.3, -0.25) is 0 Å². The minimum atomic E-state index is -0.152. The summed E-state index contributed by atoms with van der Waals surface area (Å²) in [6.07, 6.45) is 18.6. The highest BCUT2D eigenvalue weighted by molar-refractivity contribution is 6.66. The summed E-state index contributed by atoms with van der Waals surface area (Å²) >= 11 is 0. The van der Waals surface area contributed by atoms with Gasteiger partial charge in [0.25, 0.3) is 0 Å². The SMILES string of the molecule is Cc1cc2c(cc1N1C3=C([B]c4c1cc1ccccc1c4C1=C(Nc4ccc5c(c4)C(C)(C)CCC5(C)C)CCC4=C1C(C)(C)C1=C4CCC=C1)CCC(c1ccccc1)=C3)C(C)(C)CCC2(C)C. The van der Waals surface area contributed by atoms with E-state index < -0.39 is 0 Å². The molecule has 1 heterocycles. The highest BCUT2D eigenvalue weighted by Gasteiger charge is 2.46. The smallest absolute Gasteiger partial charge is 0.192 e. The maximum atomic E-state index is 4.29. The van der Waals surface area contributed by atoms with E-state index >= 15 is 0 Å². The molecule has 0 saturated heterocycles. The molecule has 0 bridgehead atoms. The van der Waals surface area contributed by atoms with Crippen LogP contribution in [0.3, 0.4) is 0 Å². The van der Waals surface area contributed by atoms with Gasteiger partial charge < -0.3 is 10.2 Å². The molecule has 0 atom stereocenters. The summed E-state index contributed by atoms with van der Waals surface area (Å²) < 4.78 is 0. The molecule has 1 N–H and O–H groups in total. The van der Waals surface area contributed by atoms with Gasteiger partial charge in [0.05, 0.1) is 0 Å². The molecule has 0 saturated carbocycles. The maximum Gasteiger partial charge on any atom is 0.192 e. The fourth-order valence-electron chi connectivity index (χ4n) is 14.2. The van der Waals surface area contributed by atoms with E-state index in [0.29, 0.717) is 0 Å². The van der Waals surface area contributed by atoms with Crippen LogP contribution < -0.4 is 15.7 Å². The fourth-order valence-corrected chi connectivity index (χ4v) is 14.2. The second-order valence-electron chi connectivity index (χ2n) is 25.1. The normalized spacial score (nSPS) is 22.3. The first-order chi connectivity index (χ1) is 32.8. The van der Waals surface area contributed by atoms with Gasteiger partial charge in [-0.1, -0.05) is 154 Å². The van der Waals surface area contributed by atoms with Gasteiger partial charge in [-0.25, -0.2) is 0 Å². The van der Waals surface area contributed by atoms with Crippen LogP contribution in [0.5, 0.6) is 0 Å². The highest BCUT2D eigenvalue weighted by atomic mass is 15.2. The molecule has 5 aromatic carbocycles. The first-order valence-electron chi connectivity index (χ1n) is 26.5. The number of hydrogen-bond donors (Lipinski definition) is 1. The second-order valence-corrected chi connectivity index (χ2v) is 25.1. The molecule has 69 heavy (non-hydrogen) atoms. The van der Waals surface area contributed by atoms with Crippen molar-refractivity contribution < 1.29 is 0 Å². The van der Waals surface area contributed by atoms with E-state index in [9.17, 15) is 0 Å². The van der Waals surface area contributed by atoms with Crippen LogP contribution in [0.15, 0.2) is 148 Å². The van der Waals surface area contributed by atoms with Crippen LogP contribution in [0.25, 0.3) is 21.9 Å². The van der Waals surface area contributed by atoms with Gasteiger partial charge in [0, 0.05) is 39.4 Å². The Labute approximate surface area is 414 Å².